The molecule has 5 rings (SSSR count). The summed E-state index contributed by atoms with van der Waals surface area (Å²) in [6.07, 6.45) is 3.91. The summed E-state index contributed by atoms with van der Waals surface area (Å²) in [5.74, 6) is 1.21. The van der Waals surface area contributed by atoms with Gasteiger partial charge in [0.1, 0.15) is 12.3 Å². The second kappa shape index (κ2) is 9.27. The SMILES string of the molecule is COc1ccc(C(=O)CN2C(=O)N3NC(c4ccc(C)cc4)NC3C3CCCCC32)cc1OC. The number of benzene rings is 2. The number of nitrogens with zero attached hydrogens (tertiary/aromatic N) is 2. The normalized spacial score (nSPS) is 26.1. The number of aryl methyl sites for hydroxylation is 1. The first-order valence-corrected chi connectivity index (χ1v) is 11.9. The minimum atomic E-state index is -0.149. The van der Waals surface area contributed by atoms with Gasteiger partial charge in [-0.1, -0.05) is 42.7 Å². The predicted molar refractivity (Wildman–Crippen MR) is 128 cm³/mol. The number of hydrazine groups is 1. The van der Waals surface area contributed by atoms with Gasteiger partial charge >= 0.3 is 6.03 Å². The van der Waals surface area contributed by atoms with Crippen LogP contribution in [0.25, 0.3) is 0 Å². The number of amides is 2. The minimum absolute atomic E-state index is 0.0373. The molecule has 0 bridgehead atoms. The lowest BCUT2D eigenvalue weighted by Crippen LogP contribution is -2.66. The third-order valence-electron chi connectivity index (χ3n) is 7.35. The van der Waals surface area contributed by atoms with Crippen LogP contribution in [0.4, 0.5) is 4.79 Å². The highest BCUT2D eigenvalue weighted by Crippen LogP contribution is 2.39. The van der Waals surface area contributed by atoms with Crippen LogP contribution in [-0.4, -0.2) is 54.7 Å². The van der Waals surface area contributed by atoms with Crippen LogP contribution in [0.5, 0.6) is 11.5 Å². The first-order valence-electron chi connectivity index (χ1n) is 11.9. The van der Waals surface area contributed by atoms with Crippen LogP contribution >= 0.6 is 0 Å². The predicted octanol–water partition coefficient (Wildman–Crippen LogP) is 3.62. The van der Waals surface area contributed by atoms with E-state index in [1.54, 1.807) is 42.3 Å². The zero-order valence-electron chi connectivity index (χ0n) is 19.9. The van der Waals surface area contributed by atoms with Crippen LogP contribution in [0.2, 0.25) is 0 Å². The molecule has 3 fully saturated rings. The summed E-state index contributed by atoms with van der Waals surface area (Å²) in [5, 5.41) is 5.35. The van der Waals surface area contributed by atoms with E-state index in [2.05, 4.69) is 41.9 Å². The molecule has 2 saturated heterocycles. The van der Waals surface area contributed by atoms with Crippen molar-refractivity contribution in [2.24, 2.45) is 5.92 Å². The molecule has 1 saturated carbocycles. The number of Topliss-reactive ketones (excluding diaryl/α,β-unsaturated/α-hetero) is 1. The van der Waals surface area contributed by atoms with E-state index in [1.165, 1.54) is 5.56 Å². The Bertz CT molecular complexity index is 1070. The zero-order valence-corrected chi connectivity index (χ0v) is 19.9. The van der Waals surface area contributed by atoms with Crippen molar-refractivity contribution in [1.29, 1.82) is 0 Å². The third-order valence-corrected chi connectivity index (χ3v) is 7.35. The monoisotopic (exact) mass is 464 g/mol. The summed E-state index contributed by atoms with van der Waals surface area (Å²) in [5.41, 5.74) is 6.16. The van der Waals surface area contributed by atoms with Gasteiger partial charge in [-0.15, -0.1) is 0 Å². The number of urea groups is 1. The number of methoxy groups -OCH3 is 2. The Morgan fingerprint density at radius 1 is 1.03 bits per heavy atom. The van der Waals surface area contributed by atoms with Crippen molar-refractivity contribution >= 4 is 11.8 Å². The first-order chi connectivity index (χ1) is 16.5. The van der Waals surface area contributed by atoms with Crippen molar-refractivity contribution in [3.05, 3.63) is 59.2 Å². The average molecular weight is 465 g/mol. The number of fused-ring (bicyclic) bond motifs is 3. The molecule has 3 aliphatic rings. The molecule has 4 unspecified atom stereocenters. The van der Waals surface area contributed by atoms with Gasteiger partial charge in [-0.05, 0) is 43.5 Å². The Kier molecular flexibility index (Phi) is 6.18. The molecule has 1 aliphatic carbocycles. The molecule has 2 aromatic carbocycles. The maximum Gasteiger partial charge on any atom is 0.336 e. The van der Waals surface area contributed by atoms with E-state index in [-0.39, 0.29) is 42.7 Å². The van der Waals surface area contributed by atoms with Crippen molar-refractivity contribution in [1.82, 2.24) is 20.7 Å². The molecule has 34 heavy (non-hydrogen) atoms. The number of carbonyl (C=O) groups excluding carboxylic acids is 2. The molecule has 2 N–H and O–H groups in total. The fourth-order valence-corrected chi connectivity index (χ4v) is 5.54. The number of ketones is 1. The molecule has 2 amide bonds. The molecule has 0 radical (unpaired) electrons. The average Bonchev–Trinajstić information content (AvgIpc) is 3.32. The molecule has 2 aliphatic heterocycles. The largest absolute Gasteiger partial charge is 0.493 e. The highest BCUT2D eigenvalue weighted by Gasteiger charge is 2.51. The Labute approximate surface area is 200 Å². The fraction of sp³-hybridized carbons (Fsp3) is 0.462. The van der Waals surface area contributed by atoms with E-state index in [0.717, 1.165) is 31.2 Å². The smallest absolute Gasteiger partial charge is 0.336 e. The molecule has 180 valence electrons. The van der Waals surface area contributed by atoms with Gasteiger partial charge in [0.2, 0.25) is 0 Å². The topological polar surface area (TPSA) is 83.1 Å². The Morgan fingerprint density at radius 3 is 2.50 bits per heavy atom. The lowest BCUT2D eigenvalue weighted by Gasteiger charge is -2.49. The van der Waals surface area contributed by atoms with E-state index in [1.807, 2.05) is 0 Å². The van der Waals surface area contributed by atoms with Crippen molar-refractivity contribution in [3.8, 4) is 11.5 Å². The van der Waals surface area contributed by atoms with Crippen molar-refractivity contribution in [2.45, 2.75) is 51.0 Å². The molecule has 8 heteroatoms. The number of carbonyl (C=O) groups is 2. The third kappa shape index (κ3) is 4.01. The highest BCUT2D eigenvalue weighted by molar-refractivity contribution is 6.00. The van der Waals surface area contributed by atoms with Gasteiger partial charge in [0, 0.05) is 17.5 Å². The second-order valence-electron chi connectivity index (χ2n) is 9.37. The van der Waals surface area contributed by atoms with Gasteiger partial charge in [0.15, 0.2) is 17.3 Å². The van der Waals surface area contributed by atoms with Crippen LogP contribution in [0, 0.1) is 12.8 Å². The van der Waals surface area contributed by atoms with Crippen LogP contribution in [0.15, 0.2) is 42.5 Å². The standard InChI is InChI=1S/C26H32N4O4/c1-16-8-10-17(11-9-16)24-27-25-19-6-4-5-7-20(19)29(26(32)30(25)28-24)15-21(31)18-12-13-22(33-2)23(14-18)34-3/h8-14,19-20,24-25,27-28H,4-7,15H2,1-3H3. The van der Waals surface area contributed by atoms with Gasteiger partial charge in [0.25, 0.3) is 0 Å². The van der Waals surface area contributed by atoms with Crippen molar-refractivity contribution in [2.75, 3.05) is 20.8 Å². The Hall–Kier alpha value is -3.10. The van der Waals surface area contributed by atoms with Gasteiger partial charge in [0.05, 0.1) is 20.8 Å². The zero-order chi connectivity index (χ0) is 23.8. The Balaban J connectivity index is 1.38. The molecule has 0 aromatic heterocycles. The van der Waals surface area contributed by atoms with Crippen molar-refractivity contribution in [3.63, 3.8) is 0 Å². The number of nitrogens with one attached hydrogen (secondary N) is 2. The molecule has 4 atom stereocenters. The minimum Gasteiger partial charge on any atom is -0.493 e. The van der Waals surface area contributed by atoms with Crippen LogP contribution in [-0.2, 0) is 0 Å². The lowest BCUT2D eigenvalue weighted by atomic mass is 9.80. The summed E-state index contributed by atoms with van der Waals surface area (Å²) < 4.78 is 10.6. The number of hydrogen-bond acceptors (Lipinski definition) is 6. The van der Waals surface area contributed by atoms with Gasteiger partial charge < -0.3 is 14.4 Å². The van der Waals surface area contributed by atoms with E-state index < -0.39 is 0 Å². The quantitative estimate of drug-likeness (QED) is 0.636. The van der Waals surface area contributed by atoms with Gasteiger partial charge in [-0.3, -0.25) is 10.1 Å². The lowest BCUT2D eigenvalue weighted by molar-refractivity contribution is 0.00126. The number of ether oxygens (including phenoxy) is 2. The molecular weight excluding hydrogens is 432 g/mol. The van der Waals surface area contributed by atoms with Crippen LogP contribution in [0.3, 0.4) is 0 Å². The van der Waals surface area contributed by atoms with E-state index in [4.69, 9.17) is 9.47 Å². The fourth-order valence-electron chi connectivity index (χ4n) is 5.54. The number of hydrogen-bond donors (Lipinski definition) is 2. The van der Waals surface area contributed by atoms with Gasteiger partial charge in [-0.2, -0.15) is 0 Å². The summed E-state index contributed by atoms with van der Waals surface area (Å²) >= 11 is 0. The van der Waals surface area contributed by atoms with Crippen LogP contribution < -0.4 is 20.2 Å². The van der Waals surface area contributed by atoms with E-state index in [9.17, 15) is 9.59 Å². The molecule has 2 aromatic rings. The molecule has 2 heterocycles. The summed E-state index contributed by atoms with van der Waals surface area (Å²) in [4.78, 5) is 28.7. The first kappa shape index (κ1) is 22.7. The molecular formula is C26H32N4O4. The van der Waals surface area contributed by atoms with E-state index in [0.29, 0.717) is 17.1 Å². The maximum atomic E-state index is 13.6. The van der Waals surface area contributed by atoms with E-state index >= 15 is 0 Å². The van der Waals surface area contributed by atoms with Gasteiger partial charge in [-0.25, -0.2) is 15.2 Å². The highest BCUT2D eigenvalue weighted by atomic mass is 16.5. The summed E-state index contributed by atoms with van der Waals surface area (Å²) in [7, 11) is 3.11. The number of rotatable bonds is 6. The molecule has 8 nitrogen and oxygen atoms in total. The Morgan fingerprint density at radius 2 is 1.76 bits per heavy atom. The molecule has 0 spiro atoms. The summed E-state index contributed by atoms with van der Waals surface area (Å²) in [6, 6.07) is 13.3. The summed E-state index contributed by atoms with van der Waals surface area (Å²) in [6.45, 7) is 2.10. The van der Waals surface area contributed by atoms with Crippen molar-refractivity contribution < 1.29 is 19.1 Å². The van der Waals surface area contributed by atoms with Crippen LogP contribution in [0.1, 0.15) is 53.3 Å². The maximum absolute atomic E-state index is 13.6. The second-order valence-corrected chi connectivity index (χ2v) is 9.37.